The van der Waals surface area contributed by atoms with Crippen molar-refractivity contribution in [2.45, 2.75) is 25.9 Å². The molecule has 0 amide bonds. The Kier molecular flexibility index (Phi) is 6.14. The molecule has 2 rings (SSSR count). The van der Waals surface area contributed by atoms with Gasteiger partial charge in [-0.15, -0.1) is 0 Å². The second-order valence-electron chi connectivity index (χ2n) is 5.46. The second-order valence-corrected chi connectivity index (χ2v) is 5.98. The molecule has 1 aromatic carbocycles. The molecule has 21 heavy (non-hydrogen) atoms. The van der Waals surface area contributed by atoms with Crippen LogP contribution in [0.3, 0.4) is 0 Å². The van der Waals surface area contributed by atoms with Gasteiger partial charge in [0.25, 0.3) is 0 Å². The summed E-state index contributed by atoms with van der Waals surface area (Å²) in [7, 11) is 0. The van der Waals surface area contributed by atoms with Gasteiger partial charge in [-0.25, -0.2) is 0 Å². The Bertz CT molecular complexity index is 478. The fraction of sp³-hybridized carbons (Fsp3) is 0.500. The van der Waals surface area contributed by atoms with E-state index < -0.39 is 0 Å². The maximum atomic E-state index is 12.3. The van der Waals surface area contributed by atoms with E-state index in [0.717, 1.165) is 24.9 Å². The number of carbonyl (C=O) groups is 1. The lowest BCUT2D eigenvalue weighted by Gasteiger charge is -2.30. The maximum Gasteiger partial charge on any atom is 0.310 e. The summed E-state index contributed by atoms with van der Waals surface area (Å²) in [6.07, 6.45) is 2.53. The van der Waals surface area contributed by atoms with Crippen LogP contribution in [-0.4, -0.2) is 24.0 Å². The van der Waals surface area contributed by atoms with Crippen LogP contribution < -0.4 is 11.1 Å². The number of piperidine rings is 1. The van der Waals surface area contributed by atoms with Crippen molar-refractivity contribution in [3.05, 3.63) is 35.9 Å². The van der Waals surface area contributed by atoms with Gasteiger partial charge in [0, 0.05) is 6.54 Å². The van der Waals surface area contributed by atoms with Crippen molar-refractivity contribution in [1.82, 2.24) is 5.32 Å². The molecule has 4 nitrogen and oxygen atoms in total. The van der Waals surface area contributed by atoms with E-state index in [-0.39, 0.29) is 11.9 Å². The van der Waals surface area contributed by atoms with E-state index in [2.05, 4.69) is 5.32 Å². The van der Waals surface area contributed by atoms with Gasteiger partial charge in [-0.2, -0.15) is 0 Å². The zero-order valence-electron chi connectivity index (χ0n) is 12.1. The highest BCUT2D eigenvalue weighted by Crippen LogP contribution is 2.25. The van der Waals surface area contributed by atoms with Crippen LogP contribution >= 0.6 is 12.2 Å². The largest absolute Gasteiger partial charge is 0.461 e. The molecule has 0 bridgehead atoms. The van der Waals surface area contributed by atoms with Crippen LogP contribution in [0.15, 0.2) is 30.3 Å². The highest BCUT2D eigenvalue weighted by Gasteiger charge is 2.31. The third-order valence-electron chi connectivity index (χ3n) is 3.91. The molecule has 1 aliphatic heterocycles. The van der Waals surface area contributed by atoms with E-state index in [0.29, 0.717) is 30.5 Å². The Morgan fingerprint density at radius 3 is 2.86 bits per heavy atom. The van der Waals surface area contributed by atoms with Crippen LogP contribution in [0.5, 0.6) is 0 Å². The Hall–Kier alpha value is -1.46. The number of nitrogens with two attached hydrogens (primary N) is 1. The summed E-state index contributed by atoms with van der Waals surface area (Å²) in [4.78, 5) is 12.8. The summed E-state index contributed by atoms with van der Waals surface area (Å²) in [6, 6.07) is 9.74. The SMILES string of the molecule is NC(=S)CCC1CCNCC1C(=O)OCc1ccccc1. The van der Waals surface area contributed by atoms with Gasteiger partial charge in [0.2, 0.25) is 0 Å². The van der Waals surface area contributed by atoms with E-state index in [1.54, 1.807) is 0 Å². The van der Waals surface area contributed by atoms with E-state index in [1.165, 1.54) is 0 Å². The Balaban J connectivity index is 1.87. The predicted molar refractivity (Wildman–Crippen MR) is 86.7 cm³/mol. The predicted octanol–water partition coefficient (Wildman–Crippen LogP) is 2.02. The van der Waals surface area contributed by atoms with Crippen molar-refractivity contribution in [3.63, 3.8) is 0 Å². The quantitative estimate of drug-likeness (QED) is 0.622. The summed E-state index contributed by atoms with van der Waals surface area (Å²) < 4.78 is 5.46. The highest BCUT2D eigenvalue weighted by atomic mass is 32.1. The van der Waals surface area contributed by atoms with E-state index in [4.69, 9.17) is 22.7 Å². The molecule has 0 spiro atoms. The highest BCUT2D eigenvalue weighted by molar-refractivity contribution is 7.80. The molecule has 1 aliphatic rings. The third kappa shape index (κ3) is 5.10. The van der Waals surface area contributed by atoms with Crippen molar-refractivity contribution < 1.29 is 9.53 Å². The number of ether oxygens (including phenoxy) is 1. The number of esters is 1. The van der Waals surface area contributed by atoms with E-state index in [1.807, 2.05) is 30.3 Å². The lowest BCUT2D eigenvalue weighted by atomic mass is 9.83. The molecule has 0 radical (unpaired) electrons. The smallest absolute Gasteiger partial charge is 0.310 e. The molecule has 2 unspecified atom stereocenters. The Morgan fingerprint density at radius 2 is 2.14 bits per heavy atom. The number of benzene rings is 1. The van der Waals surface area contributed by atoms with Crippen LogP contribution in [0.1, 0.15) is 24.8 Å². The standard InChI is InChI=1S/C16H22N2O2S/c17-15(21)7-6-13-8-9-18-10-14(13)16(19)20-11-12-4-2-1-3-5-12/h1-5,13-14,18H,6-11H2,(H2,17,21). The van der Waals surface area contributed by atoms with Crippen LogP contribution in [0.2, 0.25) is 0 Å². The van der Waals surface area contributed by atoms with Crippen LogP contribution in [0, 0.1) is 11.8 Å². The number of nitrogens with one attached hydrogen (secondary N) is 1. The minimum Gasteiger partial charge on any atom is -0.461 e. The average molecular weight is 306 g/mol. The first-order valence-corrected chi connectivity index (χ1v) is 7.77. The first-order chi connectivity index (χ1) is 10.2. The minimum atomic E-state index is -0.126. The second kappa shape index (κ2) is 8.10. The van der Waals surface area contributed by atoms with Gasteiger partial charge < -0.3 is 15.8 Å². The molecule has 0 aliphatic carbocycles. The van der Waals surface area contributed by atoms with Crippen LogP contribution in [0.4, 0.5) is 0 Å². The zero-order valence-corrected chi connectivity index (χ0v) is 12.9. The first kappa shape index (κ1) is 15.9. The molecule has 1 fully saturated rings. The molecule has 1 saturated heterocycles. The fourth-order valence-corrected chi connectivity index (χ4v) is 2.82. The first-order valence-electron chi connectivity index (χ1n) is 7.36. The summed E-state index contributed by atoms with van der Waals surface area (Å²) >= 11 is 4.93. The monoisotopic (exact) mass is 306 g/mol. The molecule has 1 heterocycles. The summed E-state index contributed by atoms with van der Waals surface area (Å²) in [5.41, 5.74) is 6.57. The molecule has 1 aromatic rings. The van der Waals surface area contributed by atoms with Crippen molar-refractivity contribution >= 4 is 23.2 Å². The van der Waals surface area contributed by atoms with E-state index >= 15 is 0 Å². The van der Waals surface area contributed by atoms with Gasteiger partial charge in [-0.05, 0) is 37.3 Å². The number of rotatable bonds is 6. The summed E-state index contributed by atoms with van der Waals surface area (Å²) in [6.45, 7) is 1.94. The summed E-state index contributed by atoms with van der Waals surface area (Å²) in [5, 5.41) is 3.27. The van der Waals surface area contributed by atoms with Crippen molar-refractivity contribution in [2.75, 3.05) is 13.1 Å². The molecule has 2 atom stereocenters. The number of thiocarbonyl (C=S) groups is 1. The third-order valence-corrected chi connectivity index (χ3v) is 4.12. The summed E-state index contributed by atoms with van der Waals surface area (Å²) in [5.74, 6) is 0.0758. The minimum absolute atomic E-state index is 0.100. The lowest BCUT2D eigenvalue weighted by molar-refractivity contribution is -0.152. The molecular formula is C16H22N2O2S. The van der Waals surface area contributed by atoms with Gasteiger partial charge in [0.15, 0.2) is 0 Å². The van der Waals surface area contributed by atoms with Gasteiger partial charge in [0.05, 0.1) is 10.9 Å². The molecule has 5 heteroatoms. The maximum absolute atomic E-state index is 12.3. The van der Waals surface area contributed by atoms with Gasteiger partial charge in [0.1, 0.15) is 6.61 Å². The Labute approximate surface area is 131 Å². The van der Waals surface area contributed by atoms with E-state index in [9.17, 15) is 4.79 Å². The average Bonchev–Trinajstić information content (AvgIpc) is 2.52. The van der Waals surface area contributed by atoms with Crippen molar-refractivity contribution in [2.24, 2.45) is 17.6 Å². The fourth-order valence-electron chi connectivity index (χ4n) is 2.70. The van der Waals surface area contributed by atoms with Gasteiger partial charge in [-0.1, -0.05) is 42.5 Å². The van der Waals surface area contributed by atoms with Crippen molar-refractivity contribution in [1.29, 1.82) is 0 Å². The molecule has 114 valence electrons. The Morgan fingerprint density at radius 1 is 1.38 bits per heavy atom. The molecule has 0 saturated carbocycles. The normalized spacial score (nSPS) is 21.7. The van der Waals surface area contributed by atoms with Crippen LogP contribution in [0.25, 0.3) is 0 Å². The van der Waals surface area contributed by atoms with Crippen molar-refractivity contribution in [3.8, 4) is 0 Å². The topological polar surface area (TPSA) is 64.3 Å². The van der Waals surface area contributed by atoms with Gasteiger partial charge >= 0.3 is 5.97 Å². The molecule has 3 N–H and O–H groups in total. The molecular weight excluding hydrogens is 284 g/mol. The number of carbonyl (C=O) groups excluding carboxylic acids is 1. The molecule has 0 aromatic heterocycles. The van der Waals surface area contributed by atoms with Crippen LogP contribution in [-0.2, 0) is 16.1 Å². The van der Waals surface area contributed by atoms with Gasteiger partial charge in [-0.3, -0.25) is 4.79 Å². The number of hydrogen-bond donors (Lipinski definition) is 2. The number of hydrogen-bond acceptors (Lipinski definition) is 4. The zero-order chi connectivity index (χ0) is 15.1. The lowest BCUT2D eigenvalue weighted by Crippen LogP contribution is -2.41.